The first-order valence-electron chi connectivity index (χ1n) is 6.10. The second-order valence-electron chi connectivity index (χ2n) is 4.39. The maximum absolute atomic E-state index is 12.3. The van der Waals surface area contributed by atoms with E-state index in [9.17, 15) is 9.59 Å². The van der Waals surface area contributed by atoms with Gasteiger partial charge in [-0.25, -0.2) is 0 Å². The first-order chi connectivity index (χ1) is 9.40. The number of carboxylic acid groups (broad SMARTS) is 1. The Morgan fingerprint density at radius 1 is 1.20 bits per heavy atom. The lowest BCUT2D eigenvalue weighted by Gasteiger charge is -2.19. The molecule has 20 heavy (non-hydrogen) atoms. The molecular formula is C14H19NO5. The minimum absolute atomic E-state index is 0.0887. The lowest BCUT2D eigenvalue weighted by Crippen LogP contribution is -2.29. The first kappa shape index (κ1) is 15.8. The Bertz CT molecular complexity index is 513. The zero-order chi connectivity index (χ0) is 15.3. The summed E-state index contributed by atoms with van der Waals surface area (Å²) in [7, 11) is 4.59. The van der Waals surface area contributed by atoms with Crippen LogP contribution in [0.3, 0.4) is 0 Å². The van der Waals surface area contributed by atoms with Gasteiger partial charge in [-0.15, -0.1) is 0 Å². The van der Waals surface area contributed by atoms with Crippen LogP contribution in [0.25, 0.3) is 0 Å². The van der Waals surface area contributed by atoms with Crippen molar-refractivity contribution in [3.05, 3.63) is 23.3 Å². The highest BCUT2D eigenvalue weighted by atomic mass is 16.5. The molecule has 0 radical (unpaired) electrons. The Balaban J connectivity index is 3.00. The van der Waals surface area contributed by atoms with Crippen LogP contribution in [0.15, 0.2) is 12.1 Å². The summed E-state index contributed by atoms with van der Waals surface area (Å²) in [5, 5.41) is 8.65. The number of rotatable bonds is 6. The molecule has 6 heteroatoms. The normalized spacial score (nSPS) is 10.0. The van der Waals surface area contributed by atoms with E-state index in [1.807, 2.05) is 0 Å². The van der Waals surface area contributed by atoms with Gasteiger partial charge in [-0.1, -0.05) is 0 Å². The van der Waals surface area contributed by atoms with E-state index < -0.39 is 5.97 Å². The van der Waals surface area contributed by atoms with Crippen LogP contribution in [0.2, 0.25) is 0 Å². The lowest BCUT2D eigenvalue weighted by atomic mass is 10.1. The van der Waals surface area contributed by atoms with Crippen molar-refractivity contribution in [3.8, 4) is 11.5 Å². The molecule has 1 aromatic rings. The number of benzene rings is 1. The van der Waals surface area contributed by atoms with E-state index in [-0.39, 0.29) is 18.9 Å². The number of aliphatic carboxylic acids is 1. The number of amides is 1. The zero-order valence-electron chi connectivity index (χ0n) is 12.1. The summed E-state index contributed by atoms with van der Waals surface area (Å²) in [6.07, 6.45) is -0.0887. The number of carbonyl (C=O) groups excluding carboxylic acids is 1. The maximum atomic E-state index is 12.3. The van der Waals surface area contributed by atoms with Gasteiger partial charge >= 0.3 is 5.97 Å². The number of ether oxygens (including phenoxy) is 2. The summed E-state index contributed by atoms with van der Waals surface area (Å²) in [4.78, 5) is 24.2. The fourth-order valence-electron chi connectivity index (χ4n) is 1.78. The molecule has 0 heterocycles. The third kappa shape index (κ3) is 3.63. The fraction of sp³-hybridized carbons (Fsp3) is 0.429. The molecule has 0 spiro atoms. The quantitative estimate of drug-likeness (QED) is 0.856. The highest BCUT2D eigenvalue weighted by Gasteiger charge is 2.18. The van der Waals surface area contributed by atoms with E-state index in [0.29, 0.717) is 17.1 Å². The molecule has 1 N–H and O–H groups in total. The van der Waals surface area contributed by atoms with Crippen LogP contribution in [-0.4, -0.2) is 49.7 Å². The molecule has 1 amide bonds. The molecular weight excluding hydrogens is 262 g/mol. The number of methoxy groups -OCH3 is 2. The standard InChI is InChI=1S/C14H19NO5/c1-9-7-11(19-3)12(20-4)8-10(9)14(18)15(2)6-5-13(16)17/h7-8H,5-6H2,1-4H3,(H,16,17). The van der Waals surface area contributed by atoms with E-state index in [0.717, 1.165) is 5.56 Å². The van der Waals surface area contributed by atoms with Gasteiger partial charge in [-0.3, -0.25) is 9.59 Å². The van der Waals surface area contributed by atoms with E-state index >= 15 is 0 Å². The SMILES string of the molecule is COc1cc(C)c(C(=O)N(C)CCC(=O)O)cc1OC. The second kappa shape index (κ2) is 6.79. The highest BCUT2D eigenvalue weighted by molar-refractivity contribution is 5.96. The summed E-state index contributed by atoms with van der Waals surface area (Å²) < 4.78 is 10.3. The van der Waals surface area contributed by atoms with Crippen molar-refractivity contribution in [2.45, 2.75) is 13.3 Å². The van der Waals surface area contributed by atoms with Crippen molar-refractivity contribution in [2.24, 2.45) is 0 Å². The molecule has 0 saturated heterocycles. The fourth-order valence-corrected chi connectivity index (χ4v) is 1.78. The first-order valence-corrected chi connectivity index (χ1v) is 6.10. The predicted molar refractivity (Wildman–Crippen MR) is 73.5 cm³/mol. The molecule has 0 aliphatic rings. The summed E-state index contributed by atoms with van der Waals surface area (Å²) in [5.41, 5.74) is 1.21. The molecule has 0 aromatic heterocycles. The summed E-state index contributed by atoms with van der Waals surface area (Å²) in [5.74, 6) is -0.166. The molecule has 0 atom stereocenters. The summed E-state index contributed by atoms with van der Waals surface area (Å²) >= 11 is 0. The van der Waals surface area contributed by atoms with Gasteiger partial charge < -0.3 is 19.5 Å². The minimum atomic E-state index is -0.936. The Hall–Kier alpha value is -2.24. The predicted octanol–water partition coefficient (Wildman–Crippen LogP) is 1.56. The average molecular weight is 281 g/mol. The van der Waals surface area contributed by atoms with Crippen LogP contribution in [0.5, 0.6) is 11.5 Å². The van der Waals surface area contributed by atoms with E-state index in [1.54, 1.807) is 26.1 Å². The van der Waals surface area contributed by atoms with Gasteiger partial charge in [-0.2, -0.15) is 0 Å². The lowest BCUT2D eigenvalue weighted by molar-refractivity contribution is -0.137. The third-order valence-electron chi connectivity index (χ3n) is 2.97. The summed E-state index contributed by atoms with van der Waals surface area (Å²) in [6, 6.07) is 3.32. The van der Waals surface area contributed by atoms with Crippen LogP contribution in [0.1, 0.15) is 22.3 Å². The van der Waals surface area contributed by atoms with E-state index in [2.05, 4.69) is 0 Å². The molecule has 0 aliphatic carbocycles. The Kier molecular flexibility index (Phi) is 5.37. The van der Waals surface area contributed by atoms with Crippen molar-refractivity contribution in [3.63, 3.8) is 0 Å². The van der Waals surface area contributed by atoms with Crippen LogP contribution in [-0.2, 0) is 4.79 Å². The van der Waals surface area contributed by atoms with Crippen molar-refractivity contribution >= 4 is 11.9 Å². The number of nitrogens with zero attached hydrogens (tertiary/aromatic N) is 1. The molecule has 6 nitrogen and oxygen atoms in total. The van der Waals surface area contributed by atoms with Crippen LogP contribution >= 0.6 is 0 Å². The maximum Gasteiger partial charge on any atom is 0.305 e. The molecule has 110 valence electrons. The summed E-state index contributed by atoms with van der Waals surface area (Å²) in [6.45, 7) is 1.95. The average Bonchev–Trinajstić information content (AvgIpc) is 2.43. The Morgan fingerprint density at radius 3 is 2.25 bits per heavy atom. The van der Waals surface area contributed by atoms with Gasteiger partial charge in [0.2, 0.25) is 0 Å². The van der Waals surface area contributed by atoms with E-state index in [4.69, 9.17) is 14.6 Å². The van der Waals surface area contributed by atoms with Gasteiger partial charge in [0.1, 0.15) is 0 Å². The van der Waals surface area contributed by atoms with Gasteiger partial charge in [-0.05, 0) is 24.6 Å². The van der Waals surface area contributed by atoms with Crippen molar-refractivity contribution in [1.82, 2.24) is 4.90 Å². The van der Waals surface area contributed by atoms with Crippen LogP contribution in [0.4, 0.5) is 0 Å². The third-order valence-corrected chi connectivity index (χ3v) is 2.97. The molecule has 0 aliphatic heterocycles. The minimum Gasteiger partial charge on any atom is -0.493 e. The van der Waals surface area contributed by atoms with Crippen molar-refractivity contribution in [1.29, 1.82) is 0 Å². The monoisotopic (exact) mass is 281 g/mol. The largest absolute Gasteiger partial charge is 0.493 e. The molecule has 1 rings (SSSR count). The molecule has 0 bridgehead atoms. The second-order valence-corrected chi connectivity index (χ2v) is 4.39. The van der Waals surface area contributed by atoms with E-state index in [1.165, 1.54) is 19.1 Å². The van der Waals surface area contributed by atoms with Gasteiger partial charge in [0, 0.05) is 19.2 Å². The number of hydrogen-bond donors (Lipinski definition) is 1. The van der Waals surface area contributed by atoms with Gasteiger partial charge in [0.15, 0.2) is 11.5 Å². The molecule has 1 aromatic carbocycles. The van der Waals surface area contributed by atoms with Gasteiger partial charge in [0.05, 0.1) is 20.6 Å². The molecule has 0 fully saturated rings. The number of aryl methyl sites for hydroxylation is 1. The smallest absolute Gasteiger partial charge is 0.305 e. The Labute approximate surface area is 117 Å². The van der Waals surface area contributed by atoms with Crippen LogP contribution in [0, 0.1) is 6.92 Å². The topological polar surface area (TPSA) is 76.1 Å². The van der Waals surface area contributed by atoms with Crippen LogP contribution < -0.4 is 9.47 Å². The number of carboxylic acids is 1. The highest BCUT2D eigenvalue weighted by Crippen LogP contribution is 2.30. The molecule has 0 unspecified atom stereocenters. The molecule has 0 saturated carbocycles. The number of carbonyl (C=O) groups is 2. The Morgan fingerprint density at radius 2 is 1.75 bits per heavy atom. The van der Waals surface area contributed by atoms with Gasteiger partial charge in [0.25, 0.3) is 5.91 Å². The zero-order valence-corrected chi connectivity index (χ0v) is 12.1. The number of hydrogen-bond acceptors (Lipinski definition) is 4. The van der Waals surface area contributed by atoms with Crippen molar-refractivity contribution < 1.29 is 24.2 Å². The van der Waals surface area contributed by atoms with Crippen molar-refractivity contribution in [2.75, 3.05) is 27.8 Å².